The van der Waals surface area contributed by atoms with E-state index in [0.29, 0.717) is 24.0 Å². The highest BCUT2D eigenvalue weighted by molar-refractivity contribution is 7.90. The van der Waals surface area contributed by atoms with E-state index in [1.165, 1.54) is 30.9 Å². The molecule has 0 aliphatic heterocycles. The minimum absolute atomic E-state index is 0.116. The number of pyridine rings is 1. The quantitative estimate of drug-likeness (QED) is 0.123. The van der Waals surface area contributed by atoms with Gasteiger partial charge in [-0.3, -0.25) is 24.6 Å². The maximum Gasteiger partial charge on any atom is 0.416 e. The number of imidazole rings is 1. The molecule has 3 aromatic heterocycles. The molecule has 0 saturated carbocycles. The highest BCUT2D eigenvalue weighted by Crippen LogP contribution is 2.37. The second-order valence-electron chi connectivity index (χ2n) is 10.4. The summed E-state index contributed by atoms with van der Waals surface area (Å²) < 4.78 is 105. The summed E-state index contributed by atoms with van der Waals surface area (Å²) in [5.41, 5.74) is -2.03. The first-order valence-corrected chi connectivity index (χ1v) is 18.5. The Morgan fingerprint density at radius 2 is 1.56 bits per heavy atom. The third-order valence-corrected chi connectivity index (χ3v) is 9.01. The van der Waals surface area contributed by atoms with E-state index in [4.69, 9.17) is 37.4 Å². The van der Waals surface area contributed by atoms with Crippen LogP contribution in [-0.2, 0) is 26.2 Å². The van der Waals surface area contributed by atoms with Crippen molar-refractivity contribution >= 4 is 72.5 Å². The first-order chi connectivity index (χ1) is 25.6. The number of benzene rings is 2. The molecule has 0 spiro atoms. The number of methoxy groups -OCH3 is 2. The topological polar surface area (TPSA) is 252 Å². The molecule has 26 heteroatoms. The molecule has 0 bridgehead atoms. The normalized spacial score (nSPS) is 11.5. The number of nitro benzene ring substituents is 1. The summed E-state index contributed by atoms with van der Waals surface area (Å²) in [7, 11) is -5.61. The van der Waals surface area contributed by atoms with Crippen LogP contribution in [0, 0.1) is 10.1 Å². The van der Waals surface area contributed by atoms with Gasteiger partial charge in [-0.2, -0.15) is 31.6 Å². The first-order valence-electron chi connectivity index (χ1n) is 14.4. The maximum absolute atomic E-state index is 12.7. The van der Waals surface area contributed by atoms with Gasteiger partial charge >= 0.3 is 12.2 Å². The van der Waals surface area contributed by atoms with Gasteiger partial charge < -0.3 is 14.2 Å². The van der Waals surface area contributed by atoms with Gasteiger partial charge in [-0.1, -0.05) is 29.3 Å². The smallest absolute Gasteiger partial charge is 0.416 e. The van der Waals surface area contributed by atoms with E-state index in [1.807, 2.05) is 4.72 Å². The number of fused-ring (bicyclic) bond motifs is 1. The van der Waals surface area contributed by atoms with Gasteiger partial charge in [0.25, 0.3) is 21.6 Å². The van der Waals surface area contributed by atoms with Gasteiger partial charge in [0.15, 0.2) is 10.2 Å². The molecular weight excluding hydrogens is 828 g/mol. The molecule has 0 atom stereocenters. The molecule has 3 amide bonds. The zero-order valence-corrected chi connectivity index (χ0v) is 30.9. The van der Waals surface area contributed by atoms with Crippen molar-refractivity contribution in [1.82, 2.24) is 28.8 Å². The predicted octanol–water partition coefficient (Wildman–Crippen LogP) is 5.05. The van der Waals surface area contributed by atoms with Crippen LogP contribution < -0.4 is 29.0 Å². The lowest BCUT2D eigenvalue weighted by Gasteiger charge is -2.12. The second-order valence-corrected chi connectivity index (χ2v) is 14.5. The number of nitro groups is 1. The van der Waals surface area contributed by atoms with E-state index in [-0.39, 0.29) is 39.4 Å². The minimum atomic E-state index is -4.62. The molecule has 3 N–H and O–H groups in total. The summed E-state index contributed by atoms with van der Waals surface area (Å²) in [6, 6.07) is 10.2. The Morgan fingerprint density at radius 1 is 0.909 bits per heavy atom. The number of amides is 3. The number of hydrogen-bond donors (Lipinski definition) is 3. The zero-order chi connectivity index (χ0) is 40.9. The van der Waals surface area contributed by atoms with Gasteiger partial charge in [0.1, 0.15) is 22.7 Å². The van der Waals surface area contributed by atoms with Crippen molar-refractivity contribution in [1.29, 1.82) is 0 Å². The van der Waals surface area contributed by atoms with Crippen LogP contribution in [0.4, 0.5) is 29.6 Å². The first kappa shape index (κ1) is 41.8. The molecule has 55 heavy (non-hydrogen) atoms. The Labute approximate surface area is 317 Å². The fourth-order valence-corrected chi connectivity index (χ4v) is 6.40. The van der Waals surface area contributed by atoms with E-state index in [0.717, 1.165) is 24.3 Å². The van der Waals surface area contributed by atoms with E-state index in [9.17, 15) is 49.7 Å². The highest BCUT2D eigenvalue weighted by Gasteiger charge is 2.31. The molecule has 5 rings (SSSR count). The third kappa shape index (κ3) is 10.8. The zero-order valence-electron chi connectivity index (χ0n) is 27.8. The number of sulfonamides is 2. The standard InChI is InChI=1S/C15H10ClF3N2O6S.C14H13ClN6O5S/c1-28(25,26)20-14(22)10-7-9(3-4-12(10)21(23)24)27-13-5-2-8(6-11(13)16)15(17,18)19;1-25-9-7-10(26-2)18-13(17-9)19-14(22)20-27(23,24)12-11(15)16-8-5-3-4-6-21(8)12/h2-7H,1H3,(H,20,22);3-7H,1-2H3,(H2,17,18,19,20,22). The van der Waals surface area contributed by atoms with Crippen LogP contribution in [-0.4, -0.2) is 73.5 Å². The van der Waals surface area contributed by atoms with Crippen LogP contribution >= 0.6 is 23.2 Å². The van der Waals surface area contributed by atoms with Crippen molar-refractivity contribution in [3.05, 3.63) is 98.3 Å². The number of urea groups is 1. The summed E-state index contributed by atoms with van der Waals surface area (Å²) in [5.74, 6) is -1.67. The van der Waals surface area contributed by atoms with Crippen LogP contribution in [0.5, 0.6) is 23.3 Å². The Kier molecular flexibility index (Phi) is 12.6. The molecule has 0 aliphatic rings. The fraction of sp³-hybridized carbons (Fsp3) is 0.138. The molecule has 0 radical (unpaired) electrons. The van der Waals surface area contributed by atoms with Crippen molar-refractivity contribution in [2.45, 2.75) is 11.2 Å². The predicted molar refractivity (Wildman–Crippen MR) is 187 cm³/mol. The van der Waals surface area contributed by atoms with Gasteiger partial charge in [-0.15, -0.1) is 0 Å². The lowest BCUT2D eigenvalue weighted by Crippen LogP contribution is -2.35. The van der Waals surface area contributed by atoms with E-state index in [1.54, 1.807) is 22.9 Å². The van der Waals surface area contributed by atoms with Crippen molar-refractivity contribution in [2.24, 2.45) is 0 Å². The maximum atomic E-state index is 12.7. The third-order valence-electron chi connectivity index (χ3n) is 6.43. The lowest BCUT2D eigenvalue weighted by atomic mass is 10.1. The average Bonchev–Trinajstić information content (AvgIpc) is 3.44. The van der Waals surface area contributed by atoms with Crippen molar-refractivity contribution < 1.29 is 58.7 Å². The van der Waals surface area contributed by atoms with Crippen molar-refractivity contribution in [3.63, 3.8) is 0 Å². The molecule has 19 nitrogen and oxygen atoms in total. The number of rotatable bonds is 10. The minimum Gasteiger partial charge on any atom is -0.481 e. The van der Waals surface area contributed by atoms with Crippen LogP contribution in [0.2, 0.25) is 10.2 Å². The molecule has 0 fully saturated rings. The number of alkyl halides is 3. The number of carbonyl (C=O) groups excluding carboxylic acids is 2. The van der Waals surface area contributed by atoms with E-state index in [2.05, 4.69) is 20.3 Å². The number of anilines is 1. The highest BCUT2D eigenvalue weighted by atomic mass is 35.5. The van der Waals surface area contributed by atoms with Gasteiger partial charge in [0, 0.05) is 18.3 Å². The average molecular weight is 852 g/mol. The number of halogens is 5. The summed E-state index contributed by atoms with van der Waals surface area (Å²) in [5, 5.41) is 12.2. The molecule has 0 aliphatic carbocycles. The monoisotopic (exact) mass is 850 g/mol. The SMILES string of the molecule is COc1cc(OC)nc(NC(=O)NS(=O)(=O)c2c(Cl)nc3ccccn23)n1.CS(=O)(=O)NC(=O)c1cc(Oc2ccc(C(F)(F)F)cc2Cl)ccc1[N+](=O)[O-]. The number of nitrogens with one attached hydrogen (secondary N) is 3. The van der Waals surface area contributed by atoms with Gasteiger partial charge in [0.2, 0.25) is 27.7 Å². The Morgan fingerprint density at radius 3 is 2.13 bits per heavy atom. The van der Waals surface area contributed by atoms with Crippen LogP contribution in [0.15, 0.2) is 71.9 Å². The molecule has 2 aromatic carbocycles. The van der Waals surface area contributed by atoms with Crippen LogP contribution in [0.3, 0.4) is 0 Å². The molecule has 0 saturated heterocycles. The summed E-state index contributed by atoms with van der Waals surface area (Å²) in [4.78, 5) is 46.0. The number of carbonyl (C=O) groups is 2. The van der Waals surface area contributed by atoms with Gasteiger partial charge in [0.05, 0.1) is 42.1 Å². The molecule has 5 aromatic rings. The molecule has 292 valence electrons. The Bertz CT molecular complexity index is 2500. The van der Waals surface area contributed by atoms with E-state index >= 15 is 0 Å². The van der Waals surface area contributed by atoms with Crippen molar-refractivity contribution in [3.8, 4) is 23.3 Å². The summed E-state index contributed by atoms with van der Waals surface area (Å²) >= 11 is 11.7. The van der Waals surface area contributed by atoms with Gasteiger partial charge in [-0.05, 0) is 36.4 Å². The Balaban J connectivity index is 0.000000245. The number of nitrogens with zero attached hydrogens (tertiary/aromatic N) is 5. The summed E-state index contributed by atoms with van der Waals surface area (Å²) in [6.45, 7) is 0. The largest absolute Gasteiger partial charge is 0.481 e. The lowest BCUT2D eigenvalue weighted by molar-refractivity contribution is -0.385. The molecule has 3 heterocycles. The second kappa shape index (κ2) is 16.6. The Hall–Kier alpha value is -5.98. The fourth-order valence-electron chi connectivity index (χ4n) is 4.18. The number of aromatic nitrogens is 4. The van der Waals surface area contributed by atoms with Gasteiger partial charge in [-0.25, -0.2) is 27.6 Å². The van der Waals surface area contributed by atoms with Crippen molar-refractivity contribution in [2.75, 3.05) is 25.8 Å². The van der Waals surface area contributed by atoms with E-state index < -0.39 is 64.9 Å². The van der Waals surface area contributed by atoms with Crippen LogP contribution in [0.25, 0.3) is 5.65 Å². The number of hydrogen-bond acceptors (Lipinski definition) is 14. The molecule has 0 unspecified atom stereocenters. The number of ether oxygens (including phenoxy) is 3. The summed E-state index contributed by atoms with van der Waals surface area (Å²) in [6.07, 6.45) is -2.48. The van der Waals surface area contributed by atoms with Crippen LogP contribution in [0.1, 0.15) is 15.9 Å². The molecular formula is C29H23Cl2F3N8O11S2.